The highest BCUT2D eigenvalue weighted by Crippen LogP contribution is 2.27. The van der Waals surface area contributed by atoms with Gasteiger partial charge in [0.25, 0.3) is 0 Å². The van der Waals surface area contributed by atoms with Gasteiger partial charge in [0.1, 0.15) is 12.4 Å². The van der Waals surface area contributed by atoms with Crippen molar-refractivity contribution >= 4 is 11.6 Å². The van der Waals surface area contributed by atoms with E-state index in [4.69, 9.17) is 4.74 Å². The lowest BCUT2D eigenvalue weighted by atomic mass is 10.1. The fourth-order valence-electron chi connectivity index (χ4n) is 2.80. The Morgan fingerprint density at radius 1 is 1.08 bits per heavy atom. The summed E-state index contributed by atoms with van der Waals surface area (Å²) in [7, 11) is 1.82. The standard InChI is InChI=1S/C21H27NO2/c1-6-17-11-12-20(16(4)13-17)24-14-18-15(3)9-8-10-19(18)22(5)21(23)7-2/h8-13H,6-7,14H2,1-5H3. The third-order valence-electron chi connectivity index (χ3n) is 4.44. The van der Waals surface area contributed by atoms with Crippen molar-refractivity contribution in [1.82, 2.24) is 0 Å². The number of benzene rings is 2. The van der Waals surface area contributed by atoms with Crippen LogP contribution in [0.3, 0.4) is 0 Å². The number of rotatable bonds is 6. The van der Waals surface area contributed by atoms with E-state index in [9.17, 15) is 4.79 Å². The van der Waals surface area contributed by atoms with Gasteiger partial charge in [0.2, 0.25) is 5.91 Å². The zero-order valence-electron chi connectivity index (χ0n) is 15.3. The summed E-state index contributed by atoms with van der Waals surface area (Å²) in [5.74, 6) is 0.996. The maximum atomic E-state index is 12.1. The van der Waals surface area contributed by atoms with Crippen LogP contribution in [0.4, 0.5) is 5.69 Å². The van der Waals surface area contributed by atoms with Crippen molar-refractivity contribution in [2.24, 2.45) is 0 Å². The Hall–Kier alpha value is -2.29. The second-order valence-corrected chi connectivity index (χ2v) is 6.12. The molecule has 0 aliphatic carbocycles. The molecular weight excluding hydrogens is 298 g/mol. The molecule has 0 aromatic heterocycles. The zero-order chi connectivity index (χ0) is 17.7. The lowest BCUT2D eigenvalue weighted by Crippen LogP contribution is -2.26. The van der Waals surface area contributed by atoms with Gasteiger partial charge in [-0.3, -0.25) is 4.79 Å². The van der Waals surface area contributed by atoms with Crippen LogP contribution in [0, 0.1) is 13.8 Å². The third kappa shape index (κ3) is 3.97. The molecule has 0 saturated heterocycles. The fourth-order valence-corrected chi connectivity index (χ4v) is 2.80. The maximum Gasteiger partial charge on any atom is 0.226 e. The zero-order valence-corrected chi connectivity index (χ0v) is 15.3. The second-order valence-electron chi connectivity index (χ2n) is 6.12. The van der Waals surface area contributed by atoms with Gasteiger partial charge in [0.15, 0.2) is 0 Å². The summed E-state index contributed by atoms with van der Waals surface area (Å²) in [5.41, 5.74) is 5.56. The lowest BCUT2D eigenvalue weighted by molar-refractivity contribution is -0.118. The van der Waals surface area contributed by atoms with E-state index in [2.05, 4.69) is 39.0 Å². The Balaban J connectivity index is 2.25. The molecule has 128 valence electrons. The summed E-state index contributed by atoms with van der Waals surface area (Å²) in [4.78, 5) is 13.8. The van der Waals surface area contributed by atoms with Crippen LogP contribution >= 0.6 is 0 Å². The van der Waals surface area contributed by atoms with Crippen molar-refractivity contribution in [3.8, 4) is 5.75 Å². The first-order chi connectivity index (χ1) is 11.5. The Bertz CT molecular complexity index is 722. The molecule has 3 heteroatoms. The number of hydrogen-bond donors (Lipinski definition) is 0. The Morgan fingerprint density at radius 3 is 2.46 bits per heavy atom. The van der Waals surface area contributed by atoms with Crippen molar-refractivity contribution in [2.75, 3.05) is 11.9 Å². The molecule has 0 saturated carbocycles. The van der Waals surface area contributed by atoms with E-state index in [1.54, 1.807) is 4.90 Å². The highest BCUT2D eigenvalue weighted by Gasteiger charge is 2.15. The Morgan fingerprint density at radius 2 is 1.83 bits per heavy atom. The van der Waals surface area contributed by atoms with E-state index in [1.165, 1.54) is 5.56 Å². The molecule has 3 nitrogen and oxygen atoms in total. The summed E-state index contributed by atoms with van der Waals surface area (Å²) >= 11 is 0. The largest absolute Gasteiger partial charge is 0.489 e. The number of aryl methyl sites for hydroxylation is 3. The number of hydrogen-bond acceptors (Lipinski definition) is 2. The van der Waals surface area contributed by atoms with Gasteiger partial charge in [-0.1, -0.05) is 38.1 Å². The highest BCUT2D eigenvalue weighted by atomic mass is 16.5. The second kappa shape index (κ2) is 8.00. The van der Waals surface area contributed by atoms with Crippen LogP contribution in [0.1, 0.15) is 42.5 Å². The van der Waals surface area contributed by atoms with Crippen molar-refractivity contribution in [3.05, 3.63) is 58.7 Å². The molecule has 0 radical (unpaired) electrons. The number of amides is 1. The first kappa shape index (κ1) is 18.1. The number of anilines is 1. The van der Waals surface area contributed by atoms with Crippen LogP contribution < -0.4 is 9.64 Å². The predicted octanol–water partition coefficient (Wildman–Crippen LogP) is 4.82. The number of carbonyl (C=O) groups excluding carboxylic acids is 1. The molecular formula is C21H27NO2. The van der Waals surface area contributed by atoms with Crippen molar-refractivity contribution < 1.29 is 9.53 Å². The molecule has 0 unspecified atom stereocenters. The molecule has 2 aromatic rings. The van der Waals surface area contributed by atoms with Crippen molar-refractivity contribution in [3.63, 3.8) is 0 Å². The molecule has 0 aliphatic rings. The molecule has 0 fully saturated rings. The SMILES string of the molecule is CCC(=O)N(C)c1cccc(C)c1COc1ccc(CC)cc1C. The van der Waals surface area contributed by atoms with Gasteiger partial charge >= 0.3 is 0 Å². The number of ether oxygens (including phenoxy) is 1. The van der Waals surface area contributed by atoms with Crippen LogP contribution in [-0.2, 0) is 17.8 Å². The third-order valence-corrected chi connectivity index (χ3v) is 4.44. The Kier molecular flexibility index (Phi) is 6.02. The fraction of sp³-hybridized carbons (Fsp3) is 0.381. The monoisotopic (exact) mass is 325 g/mol. The number of carbonyl (C=O) groups is 1. The molecule has 1 amide bonds. The van der Waals surface area contributed by atoms with Gasteiger partial charge in [0, 0.05) is 19.0 Å². The van der Waals surface area contributed by atoms with E-state index in [1.807, 2.05) is 32.2 Å². The van der Waals surface area contributed by atoms with E-state index in [0.717, 1.165) is 34.5 Å². The summed E-state index contributed by atoms with van der Waals surface area (Å²) in [5, 5.41) is 0. The van der Waals surface area contributed by atoms with Crippen LogP contribution in [-0.4, -0.2) is 13.0 Å². The first-order valence-electron chi connectivity index (χ1n) is 8.55. The van der Waals surface area contributed by atoms with Gasteiger partial charge in [-0.05, 0) is 49.1 Å². The summed E-state index contributed by atoms with van der Waals surface area (Å²) in [6.07, 6.45) is 1.51. The van der Waals surface area contributed by atoms with Crippen LogP contribution in [0.2, 0.25) is 0 Å². The summed E-state index contributed by atoms with van der Waals surface area (Å²) in [6, 6.07) is 12.3. The average molecular weight is 325 g/mol. The molecule has 2 rings (SSSR count). The predicted molar refractivity (Wildman–Crippen MR) is 99.8 cm³/mol. The summed E-state index contributed by atoms with van der Waals surface area (Å²) < 4.78 is 6.07. The summed E-state index contributed by atoms with van der Waals surface area (Å²) in [6.45, 7) is 8.61. The van der Waals surface area contributed by atoms with Crippen LogP contribution in [0.15, 0.2) is 36.4 Å². The minimum absolute atomic E-state index is 0.102. The van der Waals surface area contributed by atoms with Crippen molar-refractivity contribution in [1.29, 1.82) is 0 Å². The molecule has 0 spiro atoms. The lowest BCUT2D eigenvalue weighted by Gasteiger charge is -2.22. The maximum absolute atomic E-state index is 12.1. The van der Waals surface area contributed by atoms with Crippen LogP contribution in [0.25, 0.3) is 0 Å². The molecule has 24 heavy (non-hydrogen) atoms. The molecule has 0 heterocycles. The Labute approximate surface area is 145 Å². The van der Waals surface area contributed by atoms with E-state index < -0.39 is 0 Å². The van der Waals surface area contributed by atoms with Crippen molar-refractivity contribution in [2.45, 2.75) is 47.1 Å². The minimum atomic E-state index is 0.102. The highest BCUT2D eigenvalue weighted by molar-refractivity contribution is 5.93. The quantitative estimate of drug-likeness (QED) is 0.762. The van der Waals surface area contributed by atoms with Gasteiger partial charge in [0.05, 0.1) is 5.69 Å². The van der Waals surface area contributed by atoms with E-state index >= 15 is 0 Å². The molecule has 0 N–H and O–H groups in total. The molecule has 2 aromatic carbocycles. The number of nitrogens with zero attached hydrogens (tertiary/aromatic N) is 1. The molecule has 0 bridgehead atoms. The smallest absolute Gasteiger partial charge is 0.226 e. The minimum Gasteiger partial charge on any atom is -0.489 e. The topological polar surface area (TPSA) is 29.5 Å². The van der Waals surface area contributed by atoms with Gasteiger partial charge in [-0.15, -0.1) is 0 Å². The van der Waals surface area contributed by atoms with E-state index in [0.29, 0.717) is 13.0 Å². The molecule has 0 aliphatic heterocycles. The average Bonchev–Trinajstić information content (AvgIpc) is 2.59. The normalized spacial score (nSPS) is 10.5. The molecule has 0 atom stereocenters. The van der Waals surface area contributed by atoms with Gasteiger partial charge in [-0.2, -0.15) is 0 Å². The van der Waals surface area contributed by atoms with Crippen LogP contribution in [0.5, 0.6) is 5.75 Å². The van der Waals surface area contributed by atoms with Gasteiger partial charge in [-0.25, -0.2) is 0 Å². The first-order valence-corrected chi connectivity index (χ1v) is 8.55. The van der Waals surface area contributed by atoms with E-state index in [-0.39, 0.29) is 5.91 Å². The van der Waals surface area contributed by atoms with Gasteiger partial charge < -0.3 is 9.64 Å².